The molecule has 1 saturated heterocycles. The molecule has 0 saturated carbocycles. The highest BCUT2D eigenvalue weighted by Crippen LogP contribution is 2.34. The smallest absolute Gasteiger partial charge is 0.417 e. The fourth-order valence-electron chi connectivity index (χ4n) is 3.16. The molecule has 0 aliphatic carbocycles. The van der Waals surface area contributed by atoms with E-state index in [-0.39, 0.29) is 18.9 Å². The minimum Gasteiger partial charge on any atom is -0.493 e. The van der Waals surface area contributed by atoms with Crippen LogP contribution in [0.4, 0.5) is 9.18 Å². The first kappa shape index (κ1) is 18.2. The molecule has 1 aromatic carbocycles. The molecule has 0 N–H and O–H groups in total. The molecule has 2 unspecified atom stereocenters. The Morgan fingerprint density at radius 1 is 1.33 bits per heavy atom. The SMILES string of the molecule is CC(C)C1N(C(=O)C(F)CCOc2ccccc2)C(=O)OC1(C)C. The number of para-hydroxylation sites is 1. The summed E-state index contributed by atoms with van der Waals surface area (Å²) in [5, 5.41) is 0. The van der Waals surface area contributed by atoms with Crippen molar-refractivity contribution >= 4 is 12.0 Å². The van der Waals surface area contributed by atoms with Gasteiger partial charge in [-0.05, 0) is 31.9 Å². The van der Waals surface area contributed by atoms with E-state index in [4.69, 9.17) is 9.47 Å². The summed E-state index contributed by atoms with van der Waals surface area (Å²) in [4.78, 5) is 25.4. The summed E-state index contributed by atoms with van der Waals surface area (Å²) >= 11 is 0. The minimum atomic E-state index is -1.81. The van der Waals surface area contributed by atoms with Gasteiger partial charge in [0.05, 0.1) is 12.6 Å². The van der Waals surface area contributed by atoms with Crippen molar-refractivity contribution in [1.29, 1.82) is 0 Å². The molecule has 6 heteroatoms. The zero-order valence-corrected chi connectivity index (χ0v) is 14.5. The molecule has 24 heavy (non-hydrogen) atoms. The Morgan fingerprint density at radius 3 is 2.54 bits per heavy atom. The molecular formula is C18H24FNO4. The van der Waals surface area contributed by atoms with E-state index in [0.717, 1.165) is 4.90 Å². The number of alkyl halides is 1. The monoisotopic (exact) mass is 337 g/mol. The van der Waals surface area contributed by atoms with Crippen LogP contribution in [0, 0.1) is 5.92 Å². The molecule has 0 bridgehead atoms. The first-order valence-electron chi connectivity index (χ1n) is 8.12. The maximum atomic E-state index is 14.3. The second kappa shape index (κ2) is 7.20. The largest absolute Gasteiger partial charge is 0.493 e. The van der Waals surface area contributed by atoms with Crippen LogP contribution in [0.25, 0.3) is 0 Å². The lowest BCUT2D eigenvalue weighted by Crippen LogP contribution is -2.50. The van der Waals surface area contributed by atoms with Crippen molar-refractivity contribution in [2.75, 3.05) is 6.61 Å². The van der Waals surface area contributed by atoms with Crippen LogP contribution in [0.15, 0.2) is 30.3 Å². The summed E-state index contributed by atoms with van der Waals surface area (Å²) in [7, 11) is 0. The van der Waals surface area contributed by atoms with Crippen molar-refractivity contribution in [2.24, 2.45) is 5.92 Å². The Hall–Kier alpha value is -2.11. The number of imide groups is 1. The Bertz CT molecular complexity index is 588. The van der Waals surface area contributed by atoms with Crippen LogP contribution in [0.5, 0.6) is 5.75 Å². The van der Waals surface area contributed by atoms with E-state index < -0.39 is 29.8 Å². The number of ether oxygens (including phenoxy) is 2. The van der Waals surface area contributed by atoms with E-state index in [2.05, 4.69) is 0 Å². The van der Waals surface area contributed by atoms with Crippen molar-refractivity contribution in [3.05, 3.63) is 30.3 Å². The predicted molar refractivity (Wildman–Crippen MR) is 87.5 cm³/mol. The second-order valence-corrected chi connectivity index (χ2v) is 6.79. The zero-order chi connectivity index (χ0) is 17.9. The molecule has 1 aliphatic heterocycles. The van der Waals surface area contributed by atoms with Gasteiger partial charge in [-0.25, -0.2) is 14.1 Å². The summed E-state index contributed by atoms with van der Waals surface area (Å²) < 4.78 is 25.0. The Kier molecular flexibility index (Phi) is 5.47. The number of rotatable bonds is 6. The fraction of sp³-hybridized carbons (Fsp3) is 0.556. The van der Waals surface area contributed by atoms with Gasteiger partial charge in [0.15, 0.2) is 6.17 Å². The average molecular weight is 337 g/mol. The molecule has 2 amide bonds. The summed E-state index contributed by atoms with van der Waals surface area (Å²) in [6.45, 7) is 7.26. The lowest BCUT2D eigenvalue weighted by molar-refractivity contribution is -0.136. The molecule has 2 atom stereocenters. The van der Waals surface area contributed by atoms with Crippen molar-refractivity contribution in [1.82, 2.24) is 4.90 Å². The standard InChI is InChI=1S/C18H24FNO4/c1-12(2)15-18(3,4)24-17(22)20(15)16(21)14(19)10-11-23-13-8-6-5-7-9-13/h5-9,12,14-15H,10-11H2,1-4H3. The highest BCUT2D eigenvalue weighted by molar-refractivity contribution is 5.96. The lowest BCUT2D eigenvalue weighted by atomic mass is 9.88. The van der Waals surface area contributed by atoms with Crippen molar-refractivity contribution < 1.29 is 23.5 Å². The van der Waals surface area contributed by atoms with Crippen molar-refractivity contribution in [3.63, 3.8) is 0 Å². The topological polar surface area (TPSA) is 55.8 Å². The van der Waals surface area contributed by atoms with Gasteiger partial charge >= 0.3 is 6.09 Å². The first-order valence-corrected chi connectivity index (χ1v) is 8.12. The fourth-order valence-corrected chi connectivity index (χ4v) is 3.16. The van der Waals surface area contributed by atoms with E-state index in [1.165, 1.54) is 0 Å². The van der Waals surface area contributed by atoms with E-state index >= 15 is 0 Å². The molecule has 1 aromatic rings. The summed E-state index contributed by atoms with van der Waals surface area (Å²) in [5.41, 5.74) is -0.832. The lowest BCUT2D eigenvalue weighted by Gasteiger charge is -2.31. The third kappa shape index (κ3) is 3.86. The third-order valence-corrected chi connectivity index (χ3v) is 4.06. The molecular weight excluding hydrogens is 313 g/mol. The quantitative estimate of drug-likeness (QED) is 0.796. The Morgan fingerprint density at radius 2 is 1.96 bits per heavy atom. The van der Waals surface area contributed by atoms with E-state index in [0.29, 0.717) is 5.75 Å². The number of carbonyl (C=O) groups is 2. The van der Waals surface area contributed by atoms with Gasteiger partial charge in [0.2, 0.25) is 0 Å². The summed E-state index contributed by atoms with van der Waals surface area (Å²) in [5.74, 6) is -0.289. The van der Waals surface area contributed by atoms with Crippen LogP contribution >= 0.6 is 0 Å². The van der Waals surface area contributed by atoms with Gasteiger partial charge in [0.25, 0.3) is 5.91 Å². The van der Waals surface area contributed by atoms with Crippen molar-refractivity contribution in [2.45, 2.75) is 51.9 Å². The van der Waals surface area contributed by atoms with E-state index in [1.54, 1.807) is 26.0 Å². The maximum absolute atomic E-state index is 14.3. The number of halogens is 1. The van der Waals surface area contributed by atoms with Crippen LogP contribution in [0.1, 0.15) is 34.1 Å². The Labute approximate surface area is 141 Å². The number of benzene rings is 1. The van der Waals surface area contributed by atoms with Gasteiger partial charge in [0, 0.05) is 6.42 Å². The maximum Gasteiger partial charge on any atom is 0.417 e. The number of hydrogen-bond acceptors (Lipinski definition) is 4. The molecule has 0 spiro atoms. The van der Waals surface area contributed by atoms with Gasteiger partial charge in [-0.1, -0.05) is 32.0 Å². The number of hydrogen-bond donors (Lipinski definition) is 0. The summed E-state index contributed by atoms with van der Waals surface area (Å²) in [6, 6.07) is 8.48. The summed E-state index contributed by atoms with van der Waals surface area (Å²) in [6.07, 6.45) is -2.71. The Balaban J connectivity index is 1.97. The molecule has 5 nitrogen and oxygen atoms in total. The van der Waals surface area contributed by atoms with Gasteiger partial charge in [-0.15, -0.1) is 0 Å². The number of nitrogens with zero attached hydrogens (tertiary/aromatic N) is 1. The second-order valence-electron chi connectivity index (χ2n) is 6.79. The molecule has 132 valence electrons. The third-order valence-electron chi connectivity index (χ3n) is 4.06. The van der Waals surface area contributed by atoms with E-state index in [9.17, 15) is 14.0 Å². The molecule has 1 heterocycles. The highest BCUT2D eigenvalue weighted by atomic mass is 19.1. The highest BCUT2D eigenvalue weighted by Gasteiger charge is 2.53. The molecule has 1 fully saturated rings. The molecule has 1 aliphatic rings. The van der Waals surface area contributed by atoms with Crippen molar-refractivity contribution in [3.8, 4) is 5.75 Å². The zero-order valence-electron chi connectivity index (χ0n) is 14.5. The van der Waals surface area contributed by atoms with Crippen LogP contribution in [-0.4, -0.2) is 41.3 Å². The van der Waals surface area contributed by atoms with Crippen LogP contribution in [0.3, 0.4) is 0 Å². The number of carbonyl (C=O) groups excluding carboxylic acids is 2. The first-order chi connectivity index (χ1) is 11.2. The van der Waals surface area contributed by atoms with Crippen LogP contribution in [0.2, 0.25) is 0 Å². The minimum absolute atomic E-state index is 0.0387. The normalized spacial score (nSPS) is 20.8. The van der Waals surface area contributed by atoms with Gasteiger partial charge in [-0.3, -0.25) is 4.79 Å². The molecule has 2 rings (SSSR count). The van der Waals surface area contributed by atoms with Gasteiger partial charge < -0.3 is 9.47 Å². The average Bonchev–Trinajstić information content (AvgIpc) is 2.76. The molecule has 0 aromatic heterocycles. The predicted octanol–water partition coefficient (Wildman–Crippen LogP) is 3.58. The number of amides is 2. The number of cyclic esters (lactones) is 1. The van der Waals surface area contributed by atoms with Gasteiger partial charge in [0.1, 0.15) is 11.4 Å². The van der Waals surface area contributed by atoms with E-state index in [1.807, 2.05) is 32.0 Å². The van der Waals surface area contributed by atoms with Crippen LogP contribution < -0.4 is 4.74 Å². The molecule has 0 radical (unpaired) electrons. The van der Waals surface area contributed by atoms with Gasteiger partial charge in [-0.2, -0.15) is 0 Å². The van der Waals surface area contributed by atoms with Crippen LogP contribution in [-0.2, 0) is 9.53 Å².